The zero-order valence-electron chi connectivity index (χ0n) is 8.33. The van der Waals surface area contributed by atoms with E-state index in [0.29, 0.717) is 12.2 Å². The molecule has 0 bridgehead atoms. The molecule has 2 N–H and O–H groups in total. The van der Waals surface area contributed by atoms with E-state index in [2.05, 4.69) is 5.32 Å². The van der Waals surface area contributed by atoms with Crippen molar-refractivity contribution in [1.82, 2.24) is 0 Å². The number of allylic oxidation sites excluding steroid dienone is 1. The molecular weight excluding hydrogens is 214 g/mol. The number of carboxylic acid groups (broad SMARTS) is 1. The smallest absolute Gasteiger partial charge is 0.339 e. The van der Waals surface area contributed by atoms with E-state index in [0.717, 1.165) is 0 Å². The lowest BCUT2D eigenvalue weighted by molar-refractivity contribution is 0.0698. The summed E-state index contributed by atoms with van der Waals surface area (Å²) in [6.07, 6.45) is 3.78. The Morgan fingerprint density at radius 2 is 2.33 bits per heavy atom. The summed E-state index contributed by atoms with van der Waals surface area (Å²) < 4.78 is 0. The summed E-state index contributed by atoms with van der Waals surface area (Å²) in [4.78, 5) is 10.9. The Kier molecular flexibility index (Phi) is 4.18. The molecular formula is C11H12ClNO2. The monoisotopic (exact) mass is 225 g/mol. The minimum atomic E-state index is -1.02. The van der Waals surface area contributed by atoms with Crippen molar-refractivity contribution < 1.29 is 9.90 Å². The highest BCUT2D eigenvalue weighted by atomic mass is 35.5. The number of halogens is 1. The highest BCUT2D eigenvalue weighted by molar-refractivity contribution is 6.34. The molecule has 0 amide bonds. The molecule has 0 radical (unpaired) electrons. The average molecular weight is 226 g/mol. The first-order chi connectivity index (χ1) is 7.16. The van der Waals surface area contributed by atoms with Crippen LogP contribution in [0.5, 0.6) is 0 Å². The van der Waals surface area contributed by atoms with Gasteiger partial charge in [0.2, 0.25) is 0 Å². The molecule has 0 aliphatic rings. The van der Waals surface area contributed by atoms with Gasteiger partial charge in [0, 0.05) is 6.54 Å². The van der Waals surface area contributed by atoms with Crippen molar-refractivity contribution in [3.8, 4) is 0 Å². The Hall–Kier alpha value is -1.48. The third kappa shape index (κ3) is 2.99. The lowest BCUT2D eigenvalue weighted by Gasteiger charge is -2.08. The van der Waals surface area contributed by atoms with Gasteiger partial charge in [-0.2, -0.15) is 0 Å². The SMILES string of the molecule is C/C=C/CNc1cccc(Cl)c1C(=O)O. The number of carbonyl (C=O) groups is 1. The number of hydrogen-bond acceptors (Lipinski definition) is 2. The van der Waals surface area contributed by atoms with Crippen LogP contribution in [0, 0.1) is 0 Å². The first kappa shape index (κ1) is 11.6. The zero-order chi connectivity index (χ0) is 11.3. The Balaban J connectivity index is 2.95. The third-order valence-electron chi connectivity index (χ3n) is 1.87. The maximum absolute atomic E-state index is 10.9. The molecule has 0 fully saturated rings. The van der Waals surface area contributed by atoms with Gasteiger partial charge >= 0.3 is 5.97 Å². The summed E-state index contributed by atoms with van der Waals surface area (Å²) in [7, 11) is 0. The van der Waals surface area contributed by atoms with Crippen molar-refractivity contribution >= 4 is 23.3 Å². The van der Waals surface area contributed by atoms with Gasteiger partial charge in [0.05, 0.1) is 10.7 Å². The number of aromatic carboxylic acids is 1. The van der Waals surface area contributed by atoms with Gasteiger partial charge in [0.25, 0.3) is 0 Å². The number of rotatable bonds is 4. The number of benzene rings is 1. The minimum Gasteiger partial charge on any atom is -0.478 e. The molecule has 80 valence electrons. The van der Waals surface area contributed by atoms with Crippen LogP contribution in [0.1, 0.15) is 17.3 Å². The van der Waals surface area contributed by atoms with Gasteiger partial charge in [-0.15, -0.1) is 0 Å². The minimum absolute atomic E-state index is 0.115. The number of hydrogen-bond donors (Lipinski definition) is 2. The van der Waals surface area contributed by atoms with Crippen molar-refractivity contribution in [3.05, 3.63) is 40.9 Å². The van der Waals surface area contributed by atoms with Gasteiger partial charge in [-0.1, -0.05) is 29.8 Å². The highest BCUT2D eigenvalue weighted by Gasteiger charge is 2.13. The van der Waals surface area contributed by atoms with Crippen molar-refractivity contribution in [2.75, 3.05) is 11.9 Å². The Bertz CT molecular complexity index is 388. The summed E-state index contributed by atoms with van der Waals surface area (Å²) in [5, 5.41) is 12.2. The van der Waals surface area contributed by atoms with E-state index in [9.17, 15) is 4.79 Å². The normalized spacial score (nSPS) is 10.5. The van der Waals surface area contributed by atoms with Crippen LogP contribution in [0.15, 0.2) is 30.4 Å². The summed E-state index contributed by atoms with van der Waals surface area (Å²) in [6.45, 7) is 2.48. The van der Waals surface area contributed by atoms with Crippen LogP contribution < -0.4 is 5.32 Å². The fourth-order valence-corrected chi connectivity index (χ4v) is 1.43. The summed E-state index contributed by atoms with van der Waals surface area (Å²) in [5.41, 5.74) is 0.650. The molecule has 0 unspecified atom stereocenters. The topological polar surface area (TPSA) is 49.3 Å². The fourth-order valence-electron chi connectivity index (χ4n) is 1.18. The van der Waals surface area contributed by atoms with Crippen molar-refractivity contribution in [1.29, 1.82) is 0 Å². The largest absolute Gasteiger partial charge is 0.478 e. The van der Waals surface area contributed by atoms with E-state index in [4.69, 9.17) is 16.7 Å². The molecule has 15 heavy (non-hydrogen) atoms. The van der Waals surface area contributed by atoms with E-state index in [1.807, 2.05) is 19.1 Å². The number of carboxylic acids is 1. The Morgan fingerprint density at radius 3 is 2.93 bits per heavy atom. The van der Waals surface area contributed by atoms with Gasteiger partial charge in [0.15, 0.2) is 0 Å². The molecule has 0 saturated heterocycles. The molecule has 4 heteroatoms. The quantitative estimate of drug-likeness (QED) is 0.775. The predicted octanol–water partition coefficient (Wildman–Crippen LogP) is 3.03. The zero-order valence-corrected chi connectivity index (χ0v) is 9.08. The standard InChI is InChI=1S/C11H12ClNO2/c1-2-3-7-13-9-6-4-5-8(12)10(9)11(14)15/h2-6,13H,7H2,1H3,(H,14,15)/b3-2+. The average Bonchev–Trinajstić information content (AvgIpc) is 2.17. The molecule has 0 spiro atoms. The second-order valence-electron chi connectivity index (χ2n) is 2.92. The van der Waals surface area contributed by atoms with Gasteiger partial charge in [-0.3, -0.25) is 0 Å². The van der Waals surface area contributed by atoms with E-state index in [1.165, 1.54) is 0 Å². The molecule has 0 saturated carbocycles. The van der Waals surface area contributed by atoms with Crippen LogP contribution in [0.2, 0.25) is 5.02 Å². The van der Waals surface area contributed by atoms with Crippen LogP contribution in [0.25, 0.3) is 0 Å². The van der Waals surface area contributed by atoms with E-state index < -0.39 is 5.97 Å². The van der Waals surface area contributed by atoms with E-state index in [-0.39, 0.29) is 10.6 Å². The van der Waals surface area contributed by atoms with Gasteiger partial charge in [-0.05, 0) is 19.1 Å². The molecule has 0 atom stereocenters. The summed E-state index contributed by atoms with van der Waals surface area (Å²) in [5.74, 6) is -1.02. The molecule has 1 aromatic carbocycles. The van der Waals surface area contributed by atoms with Crippen LogP contribution in [-0.4, -0.2) is 17.6 Å². The maximum atomic E-state index is 10.9. The van der Waals surface area contributed by atoms with Crippen molar-refractivity contribution in [3.63, 3.8) is 0 Å². The maximum Gasteiger partial charge on any atom is 0.339 e. The van der Waals surface area contributed by atoms with Crippen LogP contribution in [0.3, 0.4) is 0 Å². The predicted molar refractivity (Wildman–Crippen MR) is 61.7 cm³/mol. The van der Waals surface area contributed by atoms with Crippen LogP contribution in [0.4, 0.5) is 5.69 Å². The number of anilines is 1. The van der Waals surface area contributed by atoms with Gasteiger partial charge in [-0.25, -0.2) is 4.79 Å². The molecule has 1 aromatic rings. The first-order valence-electron chi connectivity index (χ1n) is 4.53. The van der Waals surface area contributed by atoms with Gasteiger partial charge in [0.1, 0.15) is 5.56 Å². The van der Waals surface area contributed by atoms with Crippen molar-refractivity contribution in [2.45, 2.75) is 6.92 Å². The van der Waals surface area contributed by atoms with E-state index >= 15 is 0 Å². The molecule has 3 nitrogen and oxygen atoms in total. The lowest BCUT2D eigenvalue weighted by Crippen LogP contribution is -2.06. The number of nitrogens with one attached hydrogen (secondary N) is 1. The van der Waals surface area contributed by atoms with Crippen LogP contribution >= 0.6 is 11.6 Å². The van der Waals surface area contributed by atoms with Crippen molar-refractivity contribution in [2.24, 2.45) is 0 Å². The highest BCUT2D eigenvalue weighted by Crippen LogP contribution is 2.24. The summed E-state index contributed by atoms with van der Waals surface area (Å²) in [6, 6.07) is 4.97. The molecule has 0 aliphatic heterocycles. The fraction of sp³-hybridized carbons (Fsp3) is 0.182. The third-order valence-corrected chi connectivity index (χ3v) is 2.19. The van der Waals surface area contributed by atoms with E-state index in [1.54, 1.807) is 18.2 Å². The Labute approximate surface area is 93.4 Å². The summed E-state index contributed by atoms with van der Waals surface area (Å²) >= 11 is 5.80. The Morgan fingerprint density at radius 1 is 1.60 bits per heavy atom. The molecule has 0 aliphatic carbocycles. The molecule has 1 rings (SSSR count). The molecule has 0 aromatic heterocycles. The molecule has 0 heterocycles. The second-order valence-corrected chi connectivity index (χ2v) is 3.32. The second kappa shape index (κ2) is 5.41. The van der Waals surface area contributed by atoms with Gasteiger partial charge < -0.3 is 10.4 Å². The van der Waals surface area contributed by atoms with Crippen LogP contribution in [-0.2, 0) is 0 Å². The first-order valence-corrected chi connectivity index (χ1v) is 4.91. The lowest BCUT2D eigenvalue weighted by atomic mass is 10.2.